The topological polar surface area (TPSA) is 118 Å². The fraction of sp³-hybridized carbons (Fsp3) is 0. The van der Waals surface area contributed by atoms with Crippen LogP contribution in [0.4, 0.5) is 17.4 Å². The van der Waals surface area contributed by atoms with Crippen molar-refractivity contribution < 1.29 is 9.15 Å². The van der Waals surface area contributed by atoms with E-state index >= 15 is 0 Å². The average molecular weight is 180 g/mol. The van der Waals surface area contributed by atoms with Gasteiger partial charge in [0.25, 0.3) is 0 Å². The predicted molar refractivity (Wildman–Crippen MR) is 48.4 cm³/mol. The molecule has 0 spiro atoms. The maximum Gasteiger partial charge on any atom is 0.456 e. The molecule has 6 N–H and O–H groups in total. The molecule has 0 radical (unpaired) electrons. The quantitative estimate of drug-likeness (QED) is 0.295. The number of anilines is 3. The zero-order chi connectivity index (χ0) is 9.59. The SMILES string of the molecule is Nc1ccc(N)c2c1oc(N)[n+]2[O-]. The highest BCUT2D eigenvalue weighted by Gasteiger charge is 2.16. The summed E-state index contributed by atoms with van der Waals surface area (Å²) in [5.74, 6) is 0. The molecule has 68 valence electrons. The van der Waals surface area contributed by atoms with Gasteiger partial charge < -0.3 is 21.1 Å². The molecular formula is C7H8N4O2. The first-order chi connectivity index (χ1) is 6.11. The first kappa shape index (κ1) is 7.53. The number of benzene rings is 1. The molecule has 2 aromatic rings. The predicted octanol–water partition coefficient (Wildman–Crippen LogP) is -0.187. The van der Waals surface area contributed by atoms with Gasteiger partial charge in [-0.2, -0.15) is 4.73 Å². The Balaban J connectivity index is 3.00. The van der Waals surface area contributed by atoms with Crippen LogP contribution in [0.15, 0.2) is 16.5 Å². The van der Waals surface area contributed by atoms with E-state index in [2.05, 4.69) is 0 Å². The number of nitrogens with two attached hydrogens (primary N) is 3. The molecule has 2 rings (SSSR count). The summed E-state index contributed by atoms with van der Waals surface area (Å²) in [6.07, 6.45) is 0. The van der Waals surface area contributed by atoms with Crippen LogP contribution < -0.4 is 21.9 Å². The molecule has 0 bridgehead atoms. The molecule has 1 aromatic carbocycles. The van der Waals surface area contributed by atoms with Gasteiger partial charge >= 0.3 is 6.01 Å². The Morgan fingerprint density at radius 2 is 1.77 bits per heavy atom. The first-order valence-corrected chi connectivity index (χ1v) is 3.56. The number of rotatable bonds is 0. The van der Waals surface area contributed by atoms with E-state index in [0.717, 1.165) is 0 Å². The van der Waals surface area contributed by atoms with Crippen LogP contribution in [0.2, 0.25) is 0 Å². The van der Waals surface area contributed by atoms with Gasteiger partial charge in [-0.05, 0) is 12.1 Å². The summed E-state index contributed by atoms with van der Waals surface area (Å²) in [5, 5.41) is 11.3. The molecule has 0 saturated heterocycles. The number of hydrogen-bond donors (Lipinski definition) is 3. The molecule has 1 heterocycles. The van der Waals surface area contributed by atoms with Crippen molar-refractivity contribution in [1.29, 1.82) is 0 Å². The molecule has 6 nitrogen and oxygen atoms in total. The van der Waals surface area contributed by atoms with E-state index in [4.69, 9.17) is 21.6 Å². The highest BCUT2D eigenvalue weighted by molar-refractivity contribution is 5.91. The minimum absolute atomic E-state index is 0.178. The Bertz CT molecular complexity index is 477. The van der Waals surface area contributed by atoms with Gasteiger partial charge in [-0.15, -0.1) is 0 Å². The smallest absolute Gasteiger partial charge is 0.456 e. The van der Waals surface area contributed by atoms with Gasteiger partial charge in [0.15, 0.2) is 0 Å². The van der Waals surface area contributed by atoms with Gasteiger partial charge in [0.2, 0.25) is 11.1 Å². The summed E-state index contributed by atoms with van der Waals surface area (Å²) in [6, 6.07) is 2.82. The van der Waals surface area contributed by atoms with Crippen molar-refractivity contribution in [2.75, 3.05) is 17.2 Å². The lowest BCUT2D eigenvalue weighted by Gasteiger charge is -2.00. The highest BCUT2D eigenvalue weighted by atomic mass is 16.5. The Morgan fingerprint density at radius 3 is 2.38 bits per heavy atom. The second-order valence-electron chi connectivity index (χ2n) is 2.66. The minimum atomic E-state index is -0.264. The Kier molecular flexibility index (Phi) is 1.27. The summed E-state index contributed by atoms with van der Waals surface area (Å²) in [6.45, 7) is 0. The third-order valence-corrected chi connectivity index (χ3v) is 1.80. The molecule has 0 atom stereocenters. The number of hydrogen-bond acceptors (Lipinski definition) is 5. The molecule has 0 aliphatic rings. The summed E-state index contributed by atoms with van der Waals surface area (Å²) in [7, 11) is 0. The van der Waals surface area contributed by atoms with Crippen molar-refractivity contribution in [3.05, 3.63) is 17.3 Å². The Labute approximate surface area is 73.1 Å². The van der Waals surface area contributed by atoms with E-state index in [1.807, 2.05) is 0 Å². The van der Waals surface area contributed by atoms with Crippen molar-refractivity contribution in [3.8, 4) is 0 Å². The molecule has 0 fully saturated rings. The maximum atomic E-state index is 11.3. The third-order valence-electron chi connectivity index (χ3n) is 1.80. The van der Waals surface area contributed by atoms with Crippen molar-refractivity contribution in [1.82, 2.24) is 0 Å². The zero-order valence-electron chi connectivity index (χ0n) is 6.65. The molecule has 0 amide bonds. The van der Waals surface area contributed by atoms with Gasteiger partial charge in [0.1, 0.15) is 0 Å². The van der Waals surface area contributed by atoms with Crippen molar-refractivity contribution in [2.24, 2.45) is 0 Å². The number of nitrogens with zero attached hydrogens (tertiary/aromatic N) is 1. The largest absolute Gasteiger partial charge is 0.708 e. The second-order valence-corrected chi connectivity index (χ2v) is 2.66. The lowest BCUT2D eigenvalue weighted by atomic mass is 10.2. The highest BCUT2D eigenvalue weighted by Crippen LogP contribution is 2.25. The maximum absolute atomic E-state index is 11.3. The normalized spacial score (nSPS) is 10.8. The summed E-state index contributed by atoms with van der Waals surface area (Å²) >= 11 is 0. The lowest BCUT2D eigenvalue weighted by Crippen LogP contribution is -2.28. The molecular weight excluding hydrogens is 172 g/mol. The minimum Gasteiger partial charge on any atom is -0.708 e. The van der Waals surface area contributed by atoms with Crippen LogP contribution in [0.5, 0.6) is 0 Å². The Hall–Kier alpha value is -2.11. The zero-order valence-corrected chi connectivity index (χ0v) is 6.65. The molecule has 0 saturated carbocycles. The van der Waals surface area contributed by atoms with Gasteiger partial charge in [0.05, 0.1) is 11.4 Å². The van der Waals surface area contributed by atoms with E-state index in [-0.39, 0.29) is 17.1 Å². The van der Waals surface area contributed by atoms with Crippen LogP contribution >= 0.6 is 0 Å². The van der Waals surface area contributed by atoms with E-state index in [9.17, 15) is 5.21 Å². The third kappa shape index (κ3) is 0.851. The molecule has 0 aliphatic carbocycles. The van der Waals surface area contributed by atoms with Gasteiger partial charge in [-0.25, -0.2) is 0 Å². The Morgan fingerprint density at radius 1 is 1.15 bits per heavy atom. The summed E-state index contributed by atoms with van der Waals surface area (Å²) < 4.78 is 5.35. The second kappa shape index (κ2) is 2.19. The molecule has 13 heavy (non-hydrogen) atoms. The monoisotopic (exact) mass is 180 g/mol. The molecule has 0 aliphatic heterocycles. The van der Waals surface area contributed by atoms with Crippen molar-refractivity contribution in [2.45, 2.75) is 0 Å². The van der Waals surface area contributed by atoms with Crippen LogP contribution in [-0.2, 0) is 0 Å². The summed E-state index contributed by atoms with van der Waals surface area (Å²) in [4.78, 5) is 0. The van der Waals surface area contributed by atoms with Crippen LogP contribution in [0.1, 0.15) is 0 Å². The van der Waals surface area contributed by atoms with E-state index in [1.165, 1.54) is 6.07 Å². The number of nitrogen functional groups attached to an aromatic ring is 3. The van der Waals surface area contributed by atoms with Crippen LogP contribution in [0.25, 0.3) is 11.1 Å². The van der Waals surface area contributed by atoms with Crippen LogP contribution in [0.3, 0.4) is 0 Å². The number of oxazole rings is 1. The fourth-order valence-corrected chi connectivity index (χ4v) is 1.17. The van der Waals surface area contributed by atoms with Gasteiger partial charge in [-0.1, -0.05) is 0 Å². The van der Waals surface area contributed by atoms with Crippen molar-refractivity contribution >= 4 is 28.5 Å². The average Bonchev–Trinajstić information content (AvgIpc) is 2.38. The van der Waals surface area contributed by atoms with Crippen LogP contribution in [0, 0.1) is 5.21 Å². The van der Waals surface area contributed by atoms with E-state index in [1.54, 1.807) is 6.07 Å². The molecule has 1 aromatic heterocycles. The standard InChI is InChI=1S/C7H8N4O2/c8-3-1-2-4(9)6-5(3)11(12)7(10)13-6/h1-2H,8-10H2. The van der Waals surface area contributed by atoms with Crippen LogP contribution in [-0.4, -0.2) is 0 Å². The molecule has 6 heteroatoms. The first-order valence-electron chi connectivity index (χ1n) is 3.56. The molecule has 0 unspecified atom stereocenters. The summed E-state index contributed by atoms with van der Waals surface area (Å²) in [5.41, 5.74) is 17.4. The number of aromatic nitrogens is 1. The fourth-order valence-electron chi connectivity index (χ4n) is 1.17. The van der Waals surface area contributed by atoms with Gasteiger partial charge in [0, 0.05) is 0 Å². The number of fused-ring (bicyclic) bond motifs is 1. The van der Waals surface area contributed by atoms with E-state index in [0.29, 0.717) is 16.1 Å². The van der Waals surface area contributed by atoms with Crippen molar-refractivity contribution in [3.63, 3.8) is 0 Å². The lowest BCUT2D eigenvalue weighted by molar-refractivity contribution is -0.565. The van der Waals surface area contributed by atoms with E-state index < -0.39 is 0 Å². The van der Waals surface area contributed by atoms with Gasteiger partial charge in [-0.3, -0.25) is 5.73 Å².